The van der Waals surface area contributed by atoms with Crippen molar-refractivity contribution in [3.63, 3.8) is 0 Å². The van der Waals surface area contributed by atoms with Gasteiger partial charge in [-0.1, -0.05) is 60.2 Å². The molecule has 0 unspecified atom stereocenters. The van der Waals surface area contributed by atoms with Gasteiger partial charge >= 0.3 is 5.97 Å². The van der Waals surface area contributed by atoms with E-state index < -0.39 is 5.97 Å². The molecule has 3 aromatic carbocycles. The average Bonchev–Trinajstić information content (AvgIpc) is 2.73. The number of methoxy groups -OCH3 is 1. The number of carboxylic acids is 1. The van der Waals surface area contributed by atoms with Crippen LogP contribution in [0.5, 0.6) is 5.75 Å². The summed E-state index contributed by atoms with van der Waals surface area (Å²) < 4.78 is 5.58. The smallest absolute Gasteiger partial charge is 0.307 e. The fraction of sp³-hybridized carbons (Fsp3) is 0.120. The van der Waals surface area contributed by atoms with Gasteiger partial charge in [-0.3, -0.25) is 4.79 Å². The van der Waals surface area contributed by atoms with Gasteiger partial charge in [0.25, 0.3) is 0 Å². The Morgan fingerprint density at radius 2 is 1.70 bits per heavy atom. The van der Waals surface area contributed by atoms with Crippen LogP contribution in [0.4, 0.5) is 0 Å². The highest BCUT2D eigenvalue weighted by Gasteiger charge is 2.21. The molecule has 30 heavy (non-hydrogen) atoms. The quantitative estimate of drug-likeness (QED) is 0.541. The maximum Gasteiger partial charge on any atom is 0.307 e. The molecule has 1 N–H and O–H groups in total. The van der Waals surface area contributed by atoms with E-state index in [1.165, 1.54) is 0 Å². The van der Waals surface area contributed by atoms with Gasteiger partial charge in [0.2, 0.25) is 0 Å². The van der Waals surface area contributed by atoms with Crippen LogP contribution in [-0.4, -0.2) is 23.2 Å². The summed E-state index contributed by atoms with van der Waals surface area (Å²) in [5.41, 5.74) is 5.87. The minimum absolute atomic E-state index is 0. The van der Waals surface area contributed by atoms with Crippen LogP contribution in [0.2, 0.25) is 0 Å². The molecule has 0 saturated carbocycles. The van der Waals surface area contributed by atoms with E-state index in [1.54, 1.807) is 7.11 Å². The summed E-state index contributed by atoms with van der Waals surface area (Å²) in [5, 5.41) is 10.6. The zero-order valence-electron chi connectivity index (χ0n) is 16.7. The zero-order valence-corrected chi connectivity index (χ0v) is 17.5. The Labute approximate surface area is 181 Å². The van der Waals surface area contributed by atoms with Crippen molar-refractivity contribution in [2.24, 2.45) is 0 Å². The van der Waals surface area contributed by atoms with Gasteiger partial charge < -0.3 is 22.3 Å². The molecule has 0 aliphatic carbocycles. The molecule has 4 aromatic rings. The predicted molar refractivity (Wildman–Crippen MR) is 115 cm³/mol. The normalized spacial score (nSPS) is 10.5. The van der Waals surface area contributed by atoms with Crippen molar-refractivity contribution >= 4 is 16.9 Å². The second-order valence-corrected chi connectivity index (χ2v) is 6.97. The first kappa shape index (κ1) is 21.3. The summed E-state index contributed by atoms with van der Waals surface area (Å²) in [6.45, 7) is 2.00. The minimum Gasteiger partial charge on any atom is -1.00 e. The Balaban J connectivity index is 0.00000256. The number of aliphatic carboxylic acids is 1. The topological polar surface area (TPSA) is 59.4 Å². The monoisotopic (exact) mass is 418 g/mol. The highest BCUT2D eigenvalue weighted by Crippen LogP contribution is 2.40. The van der Waals surface area contributed by atoms with E-state index in [2.05, 4.69) is 0 Å². The van der Waals surface area contributed by atoms with E-state index >= 15 is 0 Å². The first-order valence-corrected chi connectivity index (χ1v) is 9.42. The summed E-state index contributed by atoms with van der Waals surface area (Å²) in [4.78, 5) is 16.7. The Morgan fingerprint density at radius 1 is 1.00 bits per heavy atom. The third kappa shape index (κ3) is 4.00. The molecule has 0 saturated heterocycles. The highest BCUT2D eigenvalue weighted by atomic mass is 35.5. The van der Waals surface area contributed by atoms with Gasteiger partial charge in [-0.15, -0.1) is 0 Å². The second-order valence-electron chi connectivity index (χ2n) is 6.97. The van der Waals surface area contributed by atoms with Gasteiger partial charge in [-0.25, -0.2) is 4.98 Å². The molecule has 152 valence electrons. The largest absolute Gasteiger partial charge is 1.00 e. The van der Waals surface area contributed by atoms with Crippen molar-refractivity contribution < 1.29 is 27.0 Å². The first-order valence-electron chi connectivity index (χ1n) is 9.42. The lowest BCUT2D eigenvalue weighted by molar-refractivity contribution is -0.136. The van der Waals surface area contributed by atoms with Crippen molar-refractivity contribution in [2.45, 2.75) is 13.3 Å². The van der Waals surface area contributed by atoms with Gasteiger partial charge in [0.15, 0.2) is 0 Å². The number of aromatic nitrogens is 1. The van der Waals surface area contributed by atoms with Crippen LogP contribution in [0.25, 0.3) is 33.3 Å². The highest BCUT2D eigenvalue weighted by molar-refractivity contribution is 6.01. The van der Waals surface area contributed by atoms with Gasteiger partial charge in [0, 0.05) is 10.9 Å². The van der Waals surface area contributed by atoms with Crippen LogP contribution >= 0.6 is 0 Å². The maximum atomic E-state index is 11.8. The van der Waals surface area contributed by atoms with Crippen LogP contribution in [-0.2, 0) is 11.2 Å². The molecule has 0 fully saturated rings. The van der Waals surface area contributed by atoms with Gasteiger partial charge in [0.1, 0.15) is 5.75 Å². The van der Waals surface area contributed by atoms with Crippen molar-refractivity contribution in [1.82, 2.24) is 4.98 Å². The molecule has 0 atom stereocenters. The van der Waals surface area contributed by atoms with E-state index in [0.29, 0.717) is 17.0 Å². The van der Waals surface area contributed by atoms with Crippen molar-refractivity contribution in [2.75, 3.05) is 7.11 Å². The maximum absolute atomic E-state index is 11.8. The van der Waals surface area contributed by atoms with E-state index in [4.69, 9.17) is 9.72 Å². The number of pyridine rings is 1. The van der Waals surface area contributed by atoms with E-state index in [0.717, 1.165) is 33.2 Å². The van der Waals surface area contributed by atoms with Crippen LogP contribution in [0.3, 0.4) is 0 Å². The Bertz CT molecular complexity index is 1210. The standard InChI is InChI=1S/C25H21NO3.ClH/c1-16-12-13-22(29-2)19(14-16)25-20(15-23(27)28)24(17-8-4-3-5-9-17)18-10-6-7-11-21(18)26-25;/h3-14H,15H2,1-2H3,(H,27,28);1H/p-1. The number of aryl methyl sites for hydroxylation is 1. The molecule has 1 heterocycles. The third-order valence-electron chi connectivity index (χ3n) is 4.99. The average molecular weight is 419 g/mol. The van der Waals surface area contributed by atoms with E-state index in [9.17, 15) is 9.90 Å². The summed E-state index contributed by atoms with van der Waals surface area (Å²) in [6, 6.07) is 23.6. The van der Waals surface area contributed by atoms with E-state index in [1.807, 2.05) is 79.7 Å². The molecule has 0 aliphatic heterocycles. The molecule has 0 radical (unpaired) electrons. The Kier molecular flexibility index (Phi) is 6.38. The number of nitrogens with zero attached hydrogens (tertiary/aromatic N) is 1. The lowest BCUT2D eigenvalue weighted by Gasteiger charge is -2.18. The SMILES string of the molecule is COc1ccc(C)cc1-c1nc2ccccc2c(-c2ccccc2)c1CC(=O)O.[Cl-]. The molecule has 0 bridgehead atoms. The second kappa shape index (κ2) is 8.97. The Hall–Kier alpha value is -3.37. The van der Waals surface area contributed by atoms with Gasteiger partial charge in [-0.05, 0) is 41.8 Å². The molecule has 0 aliphatic rings. The number of halogens is 1. The molecule has 4 rings (SSSR count). The van der Waals surface area contributed by atoms with Crippen molar-refractivity contribution in [3.05, 3.63) is 83.9 Å². The van der Waals surface area contributed by atoms with Crippen molar-refractivity contribution in [1.29, 1.82) is 0 Å². The molecule has 0 amide bonds. The number of carbonyl (C=O) groups is 1. The van der Waals surface area contributed by atoms with Gasteiger partial charge in [-0.2, -0.15) is 0 Å². The van der Waals surface area contributed by atoms with Crippen molar-refractivity contribution in [3.8, 4) is 28.1 Å². The predicted octanol–water partition coefficient (Wildman–Crippen LogP) is 2.52. The minimum atomic E-state index is -0.896. The molecule has 0 spiro atoms. The molecular formula is C25H21ClNO3-. The number of fused-ring (bicyclic) bond motifs is 1. The van der Waals surface area contributed by atoms with Crippen LogP contribution in [0.15, 0.2) is 72.8 Å². The summed E-state index contributed by atoms with van der Waals surface area (Å²) >= 11 is 0. The lowest BCUT2D eigenvalue weighted by Crippen LogP contribution is -3.00. The summed E-state index contributed by atoms with van der Waals surface area (Å²) in [6.07, 6.45) is -0.130. The number of hydrogen-bond acceptors (Lipinski definition) is 3. The van der Waals surface area contributed by atoms with E-state index in [-0.39, 0.29) is 18.8 Å². The van der Waals surface area contributed by atoms with Crippen LogP contribution in [0, 0.1) is 6.92 Å². The third-order valence-corrected chi connectivity index (χ3v) is 4.99. The zero-order chi connectivity index (χ0) is 20.4. The number of para-hydroxylation sites is 1. The number of benzene rings is 3. The number of hydrogen-bond donors (Lipinski definition) is 1. The van der Waals surface area contributed by atoms with Gasteiger partial charge in [0.05, 0.1) is 24.7 Å². The molecule has 5 heteroatoms. The fourth-order valence-corrected chi connectivity index (χ4v) is 3.74. The number of rotatable bonds is 5. The number of carboxylic acid groups (broad SMARTS) is 1. The molecule has 4 nitrogen and oxygen atoms in total. The Morgan fingerprint density at radius 3 is 2.40 bits per heavy atom. The summed E-state index contributed by atoms with van der Waals surface area (Å²) in [7, 11) is 1.62. The lowest BCUT2D eigenvalue weighted by atomic mass is 9.90. The number of ether oxygens (including phenoxy) is 1. The molecule has 1 aromatic heterocycles. The first-order chi connectivity index (χ1) is 14.1. The summed E-state index contributed by atoms with van der Waals surface area (Å²) in [5.74, 6) is -0.226. The van der Waals surface area contributed by atoms with Crippen LogP contribution < -0.4 is 17.1 Å². The molecular weight excluding hydrogens is 398 g/mol. The van der Waals surface area contributed by atoms with Crippen LogP contribution in [0.1, 0.15) is 11.1 Å². The fourth-order valence-electron chi connectivity index (χ4n) is 3.74.